The SMILES string of the molecule is CCOC(=O)CCCCC(C=Cc1ccccc1OCCCCCN1CCOCC1)Cc1ccc(C(=O)OCC)cc1. The molecule has 0 bridgehead atoms. The number of rotatable bonds is 19. The molecule has 0 aliphatic carbocycles. The second kappa shape index (κ2) is 19.9. The Hall–Kier alpha value is -3.16. The van der Waals surface area contributed by atoms with E-state index in [9.17, 15) is 9.59 Å². The van der Waals surface area contributed by atoms with Crippen LogP contribution in [0.25, 0.3) is 6.08 Å². The van der Waals surface area contributed by atoms with Gasteiger partial charge in [0.25, 0.3) is 0 Å². The van der Waals surface area contributed by atoms with Crippen molar-refractivity contribution in [3.8, 4) is 5.75 Å². The maximum atomic E-state index is 12.0. The number of benzene rings is 2. The number of esters is 2. The van der Waals surface area contributed by atoms with E-state index in [2.05, 4.69) is 23.1 Å². The Bertz CT molecular complexity index is 1080. The Balaban J connectivity index is 1.55. The van der Waals surface area contributed by atoms with Crippen LogP contribution in [0.2, 0.25) is 0 Å². The minimum Gasteiger partial charge on any atom is -0.493 e. The fourth-order valence-electron chi connectivity index (χ4n) is 5.08. The molecule has 7 nitrogen and oxygen atoms in total. The summed E-state index contributed by atoms with van der Waals surface area (Å²) < 4.78 is 21.8. The maximum Gasteiger partial charge on any atom is 0.338 e. The molecule has 0 amide bonds. The molecular weight excluding hydrogens is 530 g/mol. The first-order valence-electron chi connectivity index (χ1n) is 15.7. The van der Waals surface area contributed by atoms with Crippen LogP contribution in [-0.2, 0) is 25.4 Å². The predicted octanol–water partition coefficient (Wildman–Crippen LogP) is 6.74. The van der Waals surface area contributed by atoms with Gasteiger partial charge in [-0.2, -0.15) is 0 Å². The number of unbranched alkanes of at least 4 members (excludes halogenated alkanes) is 3. The molecule has 1 heterocycles. The van der Waals surface area contributed by atoms with Crippen molar-refractivity contribution in [1.29, 1.82) is 0 Å². The molecule has 1 unspecified atom stereocenters. The molecule has 0 spiro atoms. The second-order valence-corrected chi connectivity index (χ2v) is 10.7. The molecule has 1 fully saturated rings. The molecule has 0 radical (unpaired) electrons. The maximum absolute atomic E-state index is 12.0. The monoisotopic (exact) mass is 579 g/mol. The van der Waals surface area contributed by atoms with E-state index in [1.807, 2.05) is 56.3 Å². The zero-order chi connectivity index (χ0) is 29.8. The number of carbonyl (C=O) groups excluding carboxylic acids is 2. The number of hydrogen-bond acceptors (Lipinski definition) is 7. The smallest absolute Gasteiger partial charge is 0.338 e. The topological polar surface area (TPSA) is 74.3 Å². The van der Waals surface area contributed by atoms with Crippen molar-refractivity contribution in [2.24, 2.45) is 5.92 Å². The Morgan fingerprint density at radius 3 is 2.43 bits per heavy atom. The molecule has 1 aliphatic heterocycles. The zero-order valence-corrected chi connectivity index (χ0v) is 25.6. The molecule has 3 rings (SSSR count). The van der Waals surface area contributed by atoms with E-state index in [0.29, 0.717) is 31.8 Å². The van der Waals surface area contributed by atoms with Crippen molar-refractivity contribution in [1.82, 2.24) is 4.90 Å². The highest BCUT2D eigenvalue weighted by molar-refractivity contribution is 5.89. The fraction of sp³-hybridized carbons (Fsp3) is 0.543. The summed E-state index contributed by atoms with van der Waals surface area (Å²) in [4.78, 5) is 26.3. The Morgan fingerprint density at radius 1 is 0.905 bits per heavy atom. The predicted molar refractivity (Wildman–Crippen MR) is 167 cm³/mol. The lowest BCUT2D eigenvalue weighted by Crippen LogP contribution is -2.36. The lowest BCUT2D eigenvalue weighted by molar-refractivity contribution is -0.143. The third-order valence-corrected chi connectivity index (χ3v) is 7.42. The van der Waals surface area contributed by atoms with Crippen LogP contribution in [0.1, 0.15) is 80.3 Å². The first-order valence-corrected chi connectivity index (χ1v) is 15.7. The highest BCUT2D eigenvalue weighted by Gasteiger charge is 2.12. The molecule has 0 N–H and O–H groups in total. The van der Waals surface area contributed by atoms with Gasteiger partial charge in [-0.05, 0) is 88.6 Å². The summed E-state index contributed by atoms with van der Waals surface area (Å²) in [5.41, 5.74) is 2.79. The van der Waals surface area contributed by atoms with Gasteiger partial charge in [0.1, 0.15) is 5.75 Å². The second-order valence-electron chi connectivity index (χ2n) is 10.7. The van der Waals surface area contributed by atoms with Crippen molar-refractivity contribution < 1.29 is 28.5 Å². The molecule has 1 aliphatic rings. The number of hydrogen-bond donors (Lipinski definition) is 0. The van der Waals surface area contributed by atoms with Gasteiger partial charge in [-0.1, -0.05) is 48.9 Å². The third kappa shape index (κ3) is 12.8. The van der Waals surface area contributed by atoms with Crippen LogP contribution in [0.4, 0.5) is 0 Å². The highest BCUT2D eigenvalue weighted by atomic mass is 16.5. The lowest BCUT2D eigenvalue weighted by Gasteiger charge is -2.26. The third-order valence-electron chi connectivity index (χ3n) is 7.42. The van der Waals surface area contributed by atoms with Crippen LogP contribution in [0.3, 0.4) is 0 Å². The molecule has 1 atom stereocenters. The van der Waals surface area contributed by atoms with Gasteiger partial charge >= 0.3 is 11.9 Å². The summed E-state index contributed by atoms with van der Waals surface area (Å²) in [6, 6.07) is 15.9. The number of ether oxygens (including phenoxy) is 4. The van der Waals surface area contributed by atoms with E-state index in [1.54, 1.807) is 0 Å². The van der Waals surface area contributed by atoms with Crippen molar-refractivity contribution in [3.05, 3.63) is 71.3 Å². The van der Waals surface area contributed by atoms with E-state index >= 15 is 0 Å². The first kappa shape index (κ1) is 33.3. The minimum atomic E-state index is -0.298. The van der Waals surface area contributed by atoms with E-state index in [1.165, 1.54) is 6.42 Å². The Morgan fingerprint density at radius 2 is 1.67 bits per heavy atom. The number of para-hydroxylation sites is 1. The van der Waals surface area contributed by atoms with Gasteiger partial charge in [-0.25, -0.2) is 4.79 Å². The minimum absolute atomic E-state index is 0.133. The first-order chi connectivity index (χ1) is 20.6. The van der Waals surface area contributed by atoms with Gasteiger partial charge in [-0.3, -0.25) is 9.69 Å². The normalized spacial score (nSPS) is 14.5. The highest BCUT2D eigenvalue weighted by Crippen LogP contribution is 2.24. The summed E-state index contributed by atoms with van der Waals surface area (Å²) in [6.45, 7) is 10.0. The van der Waals surface area contributed by atoms with Crippen molar-refractivity contribution in [2.45, 2.75) is 65.2 Å². The van der Waals surface area contributed by atoms with E-state index in [-0.39, 0.29) is 17.9 Å². The molecule has 1 saturated heterocycles. The number of allylic oxidation sites excluding steroid dienone is 1. The lowest BCUT2D eigenvalue weighted by atomic mass is 9.92. The van der Waals surface area contributed by atoms with Crippen molar-refractivity contribution in [3.63, 3.8) is 0 Å². The average Bonchev–Trinajstić information content (AvgIpc) is 3.01. The van der Waals surface area contributed by atoms with Gasteiger partial charge in [-0.15, -0.1) is 0 Å². The zero-order valence-electron chi connectivity index (χ0n) is 25.6. The molecule has 42 heavy (non-hydrogen) atoms. The van der Waals surface area contributed by atoms with Gasteiger partial charge in [0, 0.05) is 25.1 Å². The van der Waals surface area contributed by atoms with Crippen LogP contribution in [0.15, 0.2) is 54.6 Å². The Kier molecular flexibility index (Phi) is 15.8. The summed E-state index contributed by atoms with van der Waals surface area (Å²) >= 11 is 0. The van der Waals surface area contributed by atoms with Crippen molar-refractivity contribution >= 4 is 18.0 Å². The average molecular weight is 580 g/mol. The van der Waals surface area contributed by atoms with E-state index < -0.39 is 0 Å². The summed E-state index contributed by atoms with van der Waals surface area (Å²) in [5, 5.41) is 0. The summed E-state index contributed by atoms with van der Waals surface area (Å²) in [6.07, 6.45) is 11.8. The van der Waals surface area contributed by atoms with Crippen LogP contribution < -0.4 is 4.74 Å². The van der Waals surface area contributed by atoms with Gasteiger partial charge in [0.2, 0.25) is 0 Å². The Labute approximate surface area is 252 Å². The quantitative estimate of drug-likeness (QED) is 0.135. The largest absolute Gasteiger partial charge is 0.493 e. The van der Waals surface area contributed by atoms with Crippen molar-refractivity contribution in [2.75, 3.05) is 52.7 Å². The molecule has 7 heteroatoms. The van der Waals surface area contributed by atoms with Gasteiger partial charge < -0.3 is 18.9 Å². The number of carbonyl (C=O) groups is 2. The number of nitrogens with zero attached hydrogens (tertiary/aromatic N) is 1. The number of morpholine rings is 1. The molecule has 0 saturated carbocycles. The summed E-state index contributed by atoms with van der Waals surface area (Å²) in [7, 11) is 0. The molecule has 2 aromatic carbocycles. The molecular formula is C35H49NO6. The van der Waals surface area contributed by atoms with Gasteiger partial charge in [0.05, 0.1) is 38.6 Å². The van der Waals surface area contributed by atoms with Crippen LogP contribution >= 0.6 is 0 Å². The van der Waals surface area contributed by atoms with Crippen LogP contribution in [-0.4, -0.2) is 69.5 Å². The van der Waals surface area contributed by atoms with E-state index in [0.717, 1.165) is 88.2 Å². The van der Waals surface area contributed by atoms with Crippen LogP contribution in [0, 0.1) is 5.92 Å². The van der Waals surface area contributed by atoms with Crippen LogP contribution in [0.5, 0.6) is 5.75 Å². The fourth-order valence-corrected chi connectivity index (χ4v) is 5.08. The standard InChI is InChI=1S/C35H49NO6/c1-3-40-34(37)15-9-6-12-29(28-30-17-20-32(21-18-30)35(38)41-4-2)16-19-31-13-7-8-14-33(31)42-25-11-5-10-22-36-23-26-39-27-24-36/h7-8,13-14,16-21,29H,3-6,9-12,15,22-28H2,1-2H3. The molecule has 0 aromatic heterocycles. The molecule has 230 valence electrons. The summed E-state index contributed by atoms with van der Waals surface area (Å²) in [5.74, 6) is 0.746. The van der Waals surface area contributed by atoms with E-state index in [4.69, 9.17) is 18.9 Å². The van der Waals surface area contributed by atoms with Gasteiger partial charge in [0.15, 0.2) is 0 Å². The molecule has 2 aromatic rings.